The topological polar surface area (TPSA) is 84.8 Å². The number of pyridine rings is 1. The Morgan fingerprint density at radius 3 is 2.75 bits per heavy atom. The van der Waals surface area contributed by atoms with Crippen LogP contribution in [0.1, 0.15) is 18.9 Å². The van der Waals surface area contributed by atoms with Crippen LogP contribution in [0.25, 0.3) is 0 Å². The maximum atomic E-state index is 12.2. The van der Waals surface area contributed by atoms with Crippen molar-refractivity contribution in [2.75, 3.05) is 4.72 Å². The number of aromatic nitrogens is 3. The highest BCUT2D eigenvalue weighted by Crippen LogP contribution is 2.22. The van der Waals surface area contributed by atoms with Gasteiger partial charge in [0.2, 0.25) is 5.13 Å². The number of hydrogen-bond donors (Lipinski definition) is 1. The van der Waals surface area contributed by atoms with Gasteiger partial charge in [0.15, 0.2) is 0 Å². The number of halogens is 1. The summed E-state index contributed by atoms with van der Waals surface area (Å²) >= 11 is 4.43. The zero-order valence-electron chi connectivity index (χ0n) is 10.9. The highest BCUT2D eigenvalue weighted by Gasteiger charge is 2.17. The van der Waals surface area contributed by atoms with Gasteiger partial charge in [-0.2, -0.15) is 0 Å². The van der Waals surface area contributed by atoms with E-state index in [2.05, 4.69) is 49.7 Å². The Bertz CT molecular complexity index is 700. The predicted molar refractivity (Wildman–Crippen MR) is 81.2 cm³/mol. The van der Waals surface area contributed by atoms with Crippen molar-refractivity contribution in [1.29, 1.82) is 0 Å². The standard InChI is InChI=1S/C11H13BrN4O2S2/c1-7(2)3-10-14-15-11(19-10)16-20(17,18)9-4-8(12)5-13-6-9/h4-7H,3H2,1-2H3,(H,15,16). The molecular weight excluding hydrogens is 364 g/mol. The quantitative estimate of drug-likeness (QED) is 0.866. The lowest BCUT2D eigenvalue weighted by Gasteiger charge is -2.04. The summed E-state index contributed by atoms with van der Waals surface area (Å²) in [5.74, 6) is 0.446. The Hall–Kier alpha value is -1.06. The number of hydrogen-bond acceptors (Lipinski definition) is 6. The summed E-state index contributed by atoms with van der Waals surface area (Å²) in [5, 5.41) is 8.89. The van der Waals surface area contributed by atoms with E-state index in [4.69, 9.17) is 0 Å². The summed E-state index contributed by atoms with van der Waals surface area (Å²) in [6.07, 6.45) is 3.58. The van der Waals surface area contributed by atoms with Crippen LogP contribution in [0.3, 0.4) is 0 Å². The summed E-state index contributed by atoms with van der Waals surface area (Å²) < 4.78 is 27.3. The summed E-state index contributed by atoms with van der Waals surface area (Å²) in [6.45, 7) is 4.14. The molecule has 0 saturated heterocycles. The fourth-order valence-electron chi connectivity index (χ4n) is 1.44. The van der Waals surface area contributed by atoms with E-state index in [0.29, 0.717) is 10.4 Å². The fourth-order valence-corrected chi connectivity index (χ4v) is 4.13. The largest absolute Gasteiger partial charge is 0.265 e. The van der Waals surface area contributed by atoms with Crippen molar-refractivity contribution in [1.82, 2.24) is 15.2 Å². The Balaban J connectivity index is 2.18. The van der Waals surface area contributed by atoms with Gasteiger partial charge >= 0.3 is 0 Å². The number of anilines is 1. The van der Waals surface area contributed by atoms with Crippen molar-refractivity contribution in [3.8, 4) is 0 Å². The van der Waals surface area contributed by atoms with Crippen LogP contribution in [0.5, 0.6) is 0 Å². The van der Waals surface area contributed by atoms with Crippen LogP contribution < -0.4 is 4.72 Å². The van der Waals surface area contributed by atoms with Gasteiger partial charge in [0.05, 0.1) is 0 Å². The Morgan fingerprint density at radius 1 is 1.35 bits per heavy atom. The molecule has 6 nitrogen and oxygen atoms in total. The number of sulfonamides is 1. The fraction of sp³-hybridized carbons (Fsp3) is 0.364. The maximum Gasteiger partial charge on any atom is 0.265 e. The van der Waals surface area contributed by atoms with E-state index in [1.807, 2.05) is 0 Å². The molecule has 1 N–H and O–H groups in total. The van der Waals surface area contributed by atoms with Gasteiger partial charge in [-0.1, -0.05) is 25.2 Å². The minimum absolute atomic E-state index is 0.0764. The molecule has 0 aliphatic carbocycles. The maximum absolute atomic E-state index is 12.2. The first kappa shape index (κ1) is 15.3. The van der Waals surface area contributed by atoms with Gasteiger partial charge in [-0.25, -0.2) is 8.42 Å². The second-order valence-corrected chi connectivity index (χ2v) is 8.20. The van der Waals surface area contributed by atoms with Crippen molar-refractivity contribution in [3.63, 3.8) is 0 Å². The minimum Gasteiger partial charge on any atom is -0.262 e. The van der Waals surface area contributed by atoms with E-state index >= 15 is 0 Å². The molecule has 2 aromatic heterocycles. The number of nitrogens with zero attached hydrogens (tertiary/aromatic N) is 3. The molecule has 0 fully saturated rings. The lowest BCUT2D eigenvalue weighted by molar-refractivity contribution is 0.600. The Morgan fingerprint density at radius 2 is 2.10 bits per heavy atom. The molecule has 2 rings (SSSR count). The molecule has 0 aliphatic heterocycles. The SMILES string of the molecule is CC(C)Cc1nnc(NS(=O)(=O)c2cncc(Br)c2)s1. The van der Waals surface area contributed by atoms with Gasteiger partial charge in [-0.05, 0) is 27.9 Å². The second-order valence-electron chi connectivity index (χ2n) is 4.54. The normalized spacial score (nSPS) is 11.8. The monoisotopic (exact) mass is 376 g/mol. The van der Waals surface area contributed by atoms with Gasteiger partial charge < -0.3 is 0 Å². The van der Waals surface area contributed by atoms with Crippen LogP contribution in [0.2, 0.25) is 0 Å². The average molecular weight is 377 g/mol. The lowest BCUT2D eigenvalue weighted by Crippen LogP contribution is -2.13. The van der Waals surface area contributed by atoms with E-state index in [-0.39, 0.29) is 10.0 Å². The zero-order valence-corrected chi connectivity index (χ0v) is 14.1. The molecule has 0 atom stereocenters. The molecule has 0 saturated carbocycles. The predicted octanol–water partition coefficient (Wildman–Crippen LogP) is 2.69. The highest BCUT2D eigenvalue weighted by atomic mass is 79.9. The first-order valence-electron chi connectivity index (χ1n) is 5.82. The van der Waals surface area contributed by atoms with Crippen molar-refractivity contribution >= 4 is 42.4 Å². The Kier molecular flexibility index (Phi) is 4.71. The number of nitrogens with one attached hydrogen (secondary N) is 1. The molecule has 0 spiro atoms. The third kappa shape index (κ3) is 3.97. The average Bonchev–Trinajstić information content (AvgIpc) is 2.74. The lowest BCUT2D eigenvalue weighted by atomic mass is 10.1. The molecule has 0 radical (unpaired) electrons. The number of rotatable bonds is 5. The molecule has 0 amide bonds. The second kappa shape index (κ2) is 6.15. The zero-order chi connectivity index (χ0) is 14.8. The smallest absolute Gasteiger partial charge is 0.262 e. The molecule has 0 bridgehead atoms. The third-order valence-electron chi connectivity index (χ3n) is 2.26. The molecule has 2 heterocycles. The third-order valence-corrected chi connectivity index (χ3v) is 4.99. The molecule has 20 heavy (non-hydrogen) atoms. The van der Waals surface area contributed by atoms with Gasteiger partial charge in [0.25, 0.3) is 10.0 Å². The van der Waals surface area contributed by atoms with Crippen molar-refractivity contribution in [2.45, 2.75) is 25.2 Å². The van der Waals surface area contributed by atoms with Crippen LogP contribution in [0, 0.1) is 5.92 Å². The summed E-state index contributed by atoms with van der Waals surface area (Å²) in [7, 11) is -3.69. The van der Waals surface area contributed by atoms with Crippen LogP contribution in [-0.4, -0.2) is 23.6 Å². The molecule has 9 heteroatoms. The van der Waals surface area contributed by atoms with Gasteiger partial charge in [-0.15, -0.1) is 10.2 Å². The molecule has 108 valence electrons. The van der Waals surface area contributed by atoms with E-state index in [1.54, 1.807) is 0 Å². The van der Waals surface area contributed by atoms with Crippen molar-refractivity contribution in [3.05, 3.63) is 27.9 Å². The van der Waals surface area contributed by atoms with Crippen LogP contribution >= 0.6 is 27.3 Å². The van der Waals surface area contributed by atoms with Gasteiger partial charge in [0, 0.05) is 23.3 Å². The first-order chi connectivity index (χ1) is 9.37. The first-order valence-corrected chi connectivity index (χ1v) is 8.92. The molecule has 0 aromatic carbocycles. The van der Waals surface area contributed by atoms with Gasteiger partial charge in [0.1, 0.15) is 9.90 Å². The van der Waals surface area contributed by atoms with Crippen LogP contribution in [-0.2, 0) is 16.4 Å². The molecule has 0 unspecified atom stereocenters. The molecule has 0 aliphatic rings. The van der Waals surface area contributed by atoms with E-state index < -0.39 is 10.0 Å². The van der Waals surface area contributed by atoms with Crippen molar-refractivity contribution < 1.29 is 8.42 Å². The van der Waals surface area contributed by atoms with Crippen molar-refractivity contribution in [2.24, 2.45) is 5.92 Å². The summed E-state index contributed by atoms with van der Waals surface area (Å²) in [4.78, 5) is 3.91. The highest BCUT2D eigenvalue weighted by molar-refractivity contribution is 9.10. The minimum atomic E-state index is -3.69. The van der Waals surface area contributed by atoms with E-state index in [1.165, 1.54) is 29.8 Å². The van der Waals surface area contributed by atoms with E-state index in [9.17, 15) is 8.42 Å². The van der Waals surface area contributed by atoms with Crippen LogP contribution in [0.15, 0.2) is 27.8 Å². The van der Waals surface area contributed by atoms with E-state index in [0.717, 1.165) is 11.4 Å². The van der Waals surface area contributed by atoms with Gasteiger partial charge in [-0.3, -0.25) is 9.71 Å². The van der Waals surface area contributed by atoms with Crippen LogP contribution in [0.4, 0.5) is 5.13 Å². The summed E-state index contributed by atoms with van der Waals surface area (Å²) in [5.41, 5.74) is 0. The summed E-state index contributed by atoms with van der Waals surface area (Å²) in [6, 6.07) is 1.48. The molecular formula is C11H13BrN4O2S2. The Labute approximate surface area is 129 Å². The molecule has 2 aromatic rings.